The molecule has 2 amide bonds. The fourth-order valence-corrected chi connectivity index (χ4v) is 0.841. The van der Waals surface area contributed by atoms with Crippen LogP contribution in [0, 0.1) is 5.41 Å². The van der Waals surface area contributed by atoms with Gasteiger partial charge in [0.1, 0.15) is 0 Å². The first-order chi connectivity index (χ1) is 7.38. The van der Waals surface area contributed by atoms with Gasteiger partial charge in [-0.25, -0.2) is 5.84 Å². The van der Waals surface area contributed by atoms with Crippen molar-refractivity contribution in [1.29, 1.82) is 0 Å². The van der Waals surface area contributed by atoms with E-state index in [1.165, 1.54) is 0 Å². The molecule has 6 heteroatoms. The fourth-order valence-electron chi connectivity index (χ4n) is 0.841. The van der Waals surface area contributed by atoms with Gasteiger partial charge in [-0.2, -0.15) is 0 Å². The Kier molecular flexibility index (Phi) is 6.67. The Hall–Kier alpha value is -1.14. The minimum absolute atomic E-state index is 0.0178. The molecule has 0 unspecified atom stereocenters. The summed E-state index contributed by atoms with van der Waals surface area (Å²) < 4.78 is 5.14. The summed E-state index contributed by atoms with van der Waals surface area (Å²) in [6.07, 6.45) is 0.226. The molecule has 0 rings (SSSR count). The summed E-state index contributed by atoms with van der Waals surface area (Å²) in [4.78, 5) is 22.1. The van der Waals surface area contributed by atoms with E-state index in [-0.39, 0.29) is 23.7 Å². The lowest BCUT2D eigenvalue weighted by Crippen LogP contribution is -2.37. The summed E-state index contributed by atoms with van der Waals surface area (Å²) in [5, 5.41) is 2.74. The highest BCUT2D eigenvalue weighted by molar-refractivity contribution is 5.81. The second kappa shape index (κ2) is 7.19. The van der Waals surface area contributed by atoms with Crippen molar-refractivity contribution in [2.45, 2.75) is 27.2 Å². The number of rotatable bonds is 6. The topological polar surface area (TPSA) is 93.4 Å². The molecule has 4 N–H and O–H groups in total. The maximum absolute atomic E-state index is 11.4. The van der Waals surface area contributed by atoms with Crippen LogP contribution in [-0.4, -0.2) is 31.6 Å². The Labute approximate surface area is 95.9 Å². The summed E-state index contributed by atoms with van der Waals surface area (Å²) in [7, 11) is 0. The maximum Gasteiger partial charge on any atom is 0.236 e. The first-order valence-corrected chi connectivity index (χ1v) is 5.23. The second-order valence-electron chi connectivity index (χ2n) is 4.44. The number of amides is 2. The molecule has 0 saturated heterocycles. The number of carbonyl (C=O) groups is 2. The van der Waals surface area contributed by atoms with E-state index < -0.39 is 0 Å². The van der Waals surface area contributed by atoms with Gasteiger partial charge < -0.3 is 10.1 Å². The zero-order valence-corrected chi connectivity index (χ0v) is 10.1. The Balaban J connectivity index is 3.41. The Bertz CT molecular complexity index is 236. The summed E-state index contributed by atoms with van der Waals surface area (Å²) >= 11 is 0. The van der Waals surface area contributed by atoms with Gasteiger partial charge in [-0.15, -0.1) is 0 Å². The lowest BCUT2D eigenvalue weighted by atomic mass is 9.96. The molecule has 0 radical (unpaired) electrons. The molecule has 0 aliphatic heterocycles. The fraction of sp³-hybridized carbons (Fsp3) is 0.800. The van der Waals surface area contributed by atoms with Crippen LogP contribution in [0.2, 0.25) is 0 Å². The highest BCUT2D eigenvalue weighted by atomic mass is 16.5. The molecule has 6 nitrogen and oxygen atoms in total. The summed E-state index contributed by atoms with van der Waals surface area (Å²) in [5.74, 6) is 4.61. The summed E-state index contributed by atoms with van der Waals surface area (Å²) in [5.41, 5.74) is 1.62. The third kappa shape index (κ3) is 7.19. The van der Waals surface area contributed by atoms with Crippen LogP contribution in [0.15, 0.2) is 0 Å². The van der Waals surface area contributed by atoms with Crippen LogP contribution in [0.4, 0.5) is 0 Å². The summed E-state index contributed by atoms with van der Waals surface area (Å²) in [6, 6.07) is 0. The van der Waals surface area contributed by atoms with E-state index in [0.29, 0.717) is 19.8 Å². The normalized spacial score (nSPS) is 11.0. The lowest BCUT2D eigenvalue weighted by molar-refractivity contribution is -0.129. The van der Waals surface area contributed by atoms with E-state index in [1.54, 1.807) is 0 Å². The van der Waals surface area contributed by atoms with Crippen LogP contribution in [-0.2, 0) is 14.3 Å². The van der Waals surface area contributed by atoms with Crippen molar-refractivity contribution in [2.75, 3.05) is 19.8 Å². The first kappa shape index (κ1) is 14.9. The van der Waals surface area contributed by atoms with E-state index in [2.05, 4.69) is 5.32 Å². The quantitative estimate of drug-likeness (QED) is 0.250. The minimum atomic E-state index is -0.389. The zero-order valence-electron chi connectivity index (χ0n) is 10.1. The van der Waals surface area contributed by atoms with Gasteiger partial charge >= 0.3 is 0 Å². The number of ether oxygens (including phenoxy) is 1. The van der Waals surface area contributed by atoms with E-state index in [9.17, 15) is 9.59 Å². The molecule has 0 heterocycles. The number of carbonyl (C=O) groups excluding carboxylic acids is 2. The molecule has 0 atom stereocenters. The van der Waals surface area contributed by atoms with Crippen molar-refractivity contribution in [1.82, 2.24) is 10.7 Å². The molecule has 0 saturated carbocycles. The van der Waals surface area contributed by atoms with Crippen molar-refractivity contribution in [3.05, 3.63) is 0 Å². The predicted molar refractivity (Wildman–Crippen MR) is 60.2 cm³/mol. The van der Waals surface area contributed by atoms with Crippen molar-refractivity contribution in [2.24, 2.45) is 11.3 Å². The largest absolute Gasteiger partial charge is 0.379 e. The van der Waals surface area contributed by atoms with Gasteiger partial charge in [-0.3, -0.25) is 15.0 Å². The second-order valence-corrected chi connectivity index (χ2v) is 4.44. The summed E-state index contributed by atoms with van der Waals surface area (Å²) in [6.45, 7) is 6.66. The molecule has 0 aromatic heterocycles. The Morgan fingerprint density at radius 2 is 1.88 bits per heavy atom. The number of hydrazine groups is 1. The highest BCUT2D eigenvalue weighted by Gasteiger charge is 2.20. The van der Waals surface area contributed by atoms with Crippen LogP contribution in [0.5, 0.6) is 0 Å². The monoisotopic (exact) mass is 231 g/mol. The van der Waals surface area contributed by atoms with E-state index >= 15 is 0 Å². The molecular formula is C10H21N3O3. The number of nitrogens with one attached hydrogen (secondary N) is 2. The Morgan fingerprint density at radius 1 is 1.25 bits per heavy atom. The van der Waals surface area contributed by atoms with Gasteiger partial charge in [-0.05, 0) is 0 Å². The molecule has 0 spiro atoms. The van der Waals surface area contributed by atoms with Crippen LogP contribution in [0.1, 0.15) is 27.2 Å². The SMILES string of the molecule is CC(C)(C)C(=O)NCCOCCC(=O)NN. The number of hydrogen-bond acceptors (Lipinski definition) is 4. The van der Waals surface area contributed by atoms with Crippen LogP contribution >= 0.6 is 0 Å². The molecule has 0 aliphatic rings. The molecule has 0 aliphatic carbocycles. The van der Waals surface area contributed by atoms with Crippen molar-refractivity contribution >= 4 is 11.8 Å². The van der Waals surface area contributed by atoms with Gasteiger partial charge in [0.25, 0.3) is 0 Å². The number of nitrogens with two attached hydrogens (primary N) is 1. The third-order valence-corrected chi connectivity index (χ3v) is 1.85. The van der Waals surface area contributed by atoms with Crippen molar-refractivity contribution in [3.8, 4) is 0 Å². The number of hydrogen-bond donors (Lipinski definition) is 3. The average Bonchev–Trinajstić information content (AvgIpc) is 2.20. The smallest absolute Gasteiger partial charge is 0.236 e. The Morgan fingerprint density at radius 3 is 2.38 bits per heavy atom. The zero-order chi connectivity index (χ0) is 12.6. The molecule has 0 aromatic carbocycles. The average molecular weight is 231 g/mol. The maximum atomic E-state index is 11.4. The van der Waals surface area contributed by atoms with Gasteiger partial charge in [0.05, 0.1) is 19.6 Å². The molecular weight excluding hydrogens is 210 g/mol. The first-order valence-electron chi connectivity index (χ1n) is 5.23. The van der Waals surface area contributed by atoms with Gasteiger partial charge in [0.2, 0.25) is 11.8 Å². The van der Waals surface area contributed by atoms with E-state index in [0.717, 1.165) is 0 Å². The highest BCUT2D eigenvalue weighted by Crippen LogP contribution is 2.11. The van der Waals surface area contributed by atoms with Gasteiger partial charge in [-0.1, -0.05) is 20.8 Å². The molecule has 0 bridgehead atoms. The van der Waals surface area contributed by atoms with Gasteiger partial charge in [0, 0.05) is 12.0 Å². The van der Waals surface area contributed by atoms with Gasteiger partial charge in [0.15, 0.2) is 0 Å². The van der Waals surface area contributed by atoms with E-state index in [4.69, 9.17) is 10.6 Å². The van der Waals surface area contributed by atoms with Crippen LogP contribution < -0.4 is 16.6 Å². The lowest BCUT2D eigenvalue weighted by Gasteiger charge is -2.17. The minimum Gasteiger partial charge on any atom is -0.379 e. The van der Waals surface area contributed by atoms with E-state index in [1.807, 2.05) is 26.2 Å². The van der Waals surface area contributed by atoms with Crippen molar-refractivity contribution in [3.63, 3.8) is 0 Å². The van der Waals surface area contributed by atoms with Crippen LogP contribution in [0.3, 0.4) is 0 Å². The molecule has 0 aromatic rings. The van der Waals surface area contributed by atoms with Crippen molar-refractivity contribution < 1.29 is 14.3 Å². The standard InChI is InChI=1S/C10H21N3O3/c1-10(2,3)9(15)12-5-7-16-6-4-8(14)13-11/h4-7,11H2,1-3H3,(H,12,15)(H,13,14). The predicted octanol–water partition coefficient (Wildman–Crippen LogP) is -0.455. The molecule has 16 heavy (non-hydrogen) atoms. The molecule has 94 valence electrons. The van der Waals surface area contributed by atoms with Crippen LogP contribution in [0.25, 0.3) is 0 Å². The molecule has 0 fully saturated rings. The third-order valence-electron chi connectivity index (χ3n) is 1.85.